The predicted molar refractivity (Wildman–Crippen MR) is 139 cm³/mol. The maximum atomic E-state index is 15.0. The van der Waals surface area contributed by atoms with E-state index in [4.69, 9.17) is 4.74 Å². The van der Waals surface area contributed by atoms with Gasteiger partial charge in [-0.2, -0.15) is 0 Å². The number of unbranched alkanes of at least 4 members (excludes halogenated alkanes) is 1. The minimum absolute atomic E-state index is 0.000589. The molecule has 0 radical (unpaired) electrons. The molecule has 0 bridgehead atoms. The number of aliphatic hydroxyl groups excluding tert-OH is 1. The van der Waals surface area contributed by atoms with Crippen LogP contribution in [0.4, 0.5) is 13.2 Å². The summed E-state index contributed by atoms with van der Waals surface area (Å²) in [6.07, 6.45) is 13.0. The molecular weight excluding hydrogens is 461 g/mol. The summed E-state index contributed by atoms with van der Waals surface area (Å²) in [7, 11) is 0. The van der Waals surface area contributed by atoms with E-state index in [9.17, 15) is 13.9 Å². The van der Waals surface area contributed by atoms with Crippen molar-refractivity contribution in [2.45, 2.75) is 82.1 Å². The standard InChI is InChI=1S/C31H37F3O2/c1-2-3-4-19-36-26-16-13-24(29(32)20-26)10-7-21-5-8-22(9-6-21)27-17-18-28(31(34)30(27)33)23-11-14-25(35)15-12-23/h2,7,10,13,16-18,20-23,25,35H,1,3-6,8-9,11-12,14-15,19H2/b10-7+. The Morgan fingerprint density at radius 2 is 1.47 bits per heavy atom. The van der Waals surface area contributed by atoms with E-state index < -0.39 is 11.6 Å². The van der Waals surface area contributed by atoms with E-state index in [2.05, 4.69) is 6.58 Å². The van der Waals surface area contributed by atoms with Gasteiger partial charge in [0.1, 0.15) is 11.6 Å². The minimum atomic E-state index is -0.709. The number of ether oxygens (including phenoxy) is 1. The van der Waals surface area contributed by atoms with Crippen molar-refractivity contribution in [2.75, 3.05) is 6.61 Å². The number of hydrogen-bond donors (Lipinski definition) is 1. The van der Waals surface area contributed by atoms with Gasteiger partial charge in [0, 0.05) is 11.6 Å². The Labute approximate surface area is 212 Å². The van der Waals surface area contributed by atoms with Gasteiger partial charge in [-0.1, -0.05) is 30.4 Å². The average Bonchev–Trinajstić information content (AvgIpc) is 2.89. The number of rotatable bonds is 9. The van der Waals surface area contributed by atoms with Crippen LogP contribution in [-0.4, -0.2) is 17.8 Å². The Morgan fingerprint density at radius 3 is 2.06 bits per heavy atom. The smallest absolute Gasteiger partial charge is 0.162 e. The maximum absolute atomic E-state index is 15.0. The van der Waals surface area contributed by atoms with Gasteiger partial charge in [-0.05, 0) is 105 Å². The highest BCUT2D eigenvalue weighted by molar-refractivity contribution is 5.52. The van der Waals surface area contributed by atoms with Gasteiger partial charge in [-0.25, -0.2) is 13.2 Å². The van der Waals surface area contributed by atoms with Crippen molar-refractivity contribution in [3.63, 3.8) is 0 Å². The summed E-state index contributed by atoms with van der Waals surface area (Å²) in [5.74, 6) is -0.930. The molecule has 194 valence electrons. The largest absolute Gasteiger partial charge is 0.493 e. The fourth-order valence-electron chi connectivity index (χ4n) is 5.61. The second kappa shape index (κ2) is 12.6. The fourth-order valence-corrected chi connectivity index (χ4v) is 5.61. The van der Waals surface area contributed by atoms with Gasteiger partial charge in [-0.15, -0.1) is 6.58 Å². The molecule has 0 atom stereocenters. The van der Waals surface area contributed by atoms with E-state index in [0.717, 1.165) is 38.5 Å². The van der Waals surface area contributed by atoms with Crippen LogP contribution in [0.25, 0.3) is 6.08 Å². The molecule has 2 saturated carbocycles. The maximum Gasteiger partial charge on any atom is 0.162 e. The van der Waals surface area contributed by atoms with Crippen molar-refractivity contribution in [3.05, 3.63) is 83.2 Å². The van der Waals surface area contributed by atoms with E-state index in [1.54, 1.807) is 24.3 Å². The third-order valence-electron chi connectivity index (χ3n) is 7.83. The second-order valence-corrected chi connectivity index (χ2v) is 10.3. The summed E-state index contributed by atoms with van der Waals surface area (Å²) in [6.45, 7) is 4.21. The first-order valence-corrected chi connectivity index (χ1v) is 13.3. The molecule has 0 heterocycles. The molecule has 36 heavy (non-hydrogen) atoms. The molecular formula is C31H37F3O2. The quantitative estimate of drug-likeness (QED) is 0.278. The van der Waals surface area contributed by atoms with E-state index in [-0.39, 0.29) is 29.7 Å². The monoisotopic (exact) mass is 498 g/mol. The summed E-state index contributed by atoms with van der Waals surface area (Å²) in [4.78, 5) is 0. The third kappa shape index (κ3) is 6.61. The van der Waals surface area contributed by atoms with Gasteiger partial charge in [0.15, 0.2) is 11.6 Å². The first kappa shape index (κ1) is 26.5. The molecule has 2 aromatic carbocycles. The predicted octanol–water partition coefficient (Wildman–Crippen LogP) is 8.45. The Morgan fingerprint density at radius 1 is 0.861 bits per heavy atom. The molecule has 2 nitrogen and oxygen atoms in total. The number of hydrogen-bond acceptors (Lipinski definition) is 2. The number of benzene rings is 2. The first-order valence-electron chi connectivity index (χ1n) is 13.3. The molecule has 2 aliphatic rings. The number of allylic oxidation sites excluding steroid dienone is 2. The SMILES string of the molecule is C=CCCCOc1ccc(/C=C/C2CCC(c3ccc(C4CCC(O)CC4)c(F)c3F)CC2)c(F)c1. The third-order valence-corrected chi connectivity index (χ3v) is 7.83. The molecule has 0 amide bonds. The van der Waals surface area contributed by atoms with Crippen LogP contribution < -0.4 is 4.74 Å². The molecule has 0 unspecified atom stereocenters. The van der Waals surface area contributed by atoms with E-state index >= 15 is 4.39 Å². The topological polar surface area (TPSA) is 29.5 Å². The summed E-state index contributed by atoms with van der Waals surface area (Å²) < 4.78 is 50.1. The zero-order chi connectivity index (χ0) is 25.5. The molecule has 0 aromatic heterocycles. The van der Waals surface area contributed by atoms with Crippen LogP contribution in [-0.2, 0) is 0 Å². The molecule has 5 heteroatoms. The van der Waals surface area contributed by atoms with Gasteiger partial charge in [0.25, 0.3) is 0 Å². The van der Waals surface area contributed by atoms with Crippen LogP contribution in [0.5, 0.6) is 5.75 Å². The summed E-state index contributed by atoms with van der Waals surface area (Å²) >= 11 is 0. The lowest BCUT2D eigenvalue weighted by Gasteiger charge is -2.29. The van der Waals surface area contributed by atoms with Crippen LogP contribution in [0, 0.1) is 23.4 Å². The minimum Gasteiger partial charge on any atom is -0.493 e. The van der Waals surface area contributed by atoms with Crippen LogP contribution >= 0.6 is 0 Å². The van der Waals surface area contributed by atoms with Gasteiger partial charge in [0.05, 0.1) is 12.7 Å². The normalized spacial score (nSPS) is 24.7. The Bertz CT molecular complexity index is 1050. The average molecular weight is 499 g/mol. The lowest BCUT2D eigenvalue weighted by atomic mass is 9.77. The summed E-state index contributed by atoms with van der Waals surface area (Å²) in [5.41, 5.74) is 1.45. The highest BCUT2D eigenvalue weighted by Gasteiger charge is 2.29. The van der Waals surface area contributed by atoms with E-state index in [1.807, 2.05) is 18.2 Å². The summed E-state index contributed by atoms with van der Waals surface area (Å²) in [6, 6.07) is 8.46. The zero-order valence-electron chi connectivity index (χ0n) is 20.9. The molecule has 1 N–H and O–H groups in total. The Hall–Kier alpha value is -2.53. The Kier molecular flexibility index (Phi) is 9.30. The van der Waals surface area contributed by atoms with Gasteiger partial charge >= 0.3 is 0 Å². The van der Waals surface area contributed by atoms with Crippen LogP contribution in [0.2, 0.25) is 0 Å². The molecule has 2 fully saturated rings. The molecule has 0 aliphatic heterocycles. The molecule has 4 rings (SSSR count). The fraction of sp³-hybridized carbons (Fsp3) is 0.484. The van der Waals surface area contributed by atoms with Crippen molar-refractivity contribution in [1.82, 2.24) is 0 Å². The first-order chi connectivity index (χ1) is 17.5. The lowest BCUT2D eigenvalue weighted by Crippen LogP contribution is -2.19. The van der Waals surface area contributed by atoms with Crippen molar-refractivity contribution in [2.24, 2.45) is 5.92 Å². The van der Waals surface area contributed by atoms with Gasteiger partial charge in [0.2, 0.25) is 0 Å². The van der Waals surface area contributed by atoms with Crippen molar-refractivity contribution in [1.29, 1.82) is 0 Å². The zero-order valence-corrected chi connectivity index (χ0v) is 20.9. The second-order valence-electron chi connectivity index (χ2n) is 10.3. The van der Waals surface area contributed by atoms with Crippen molar-refractivity contribution >= 4 is 6.08 Å². The lowest BCUT2D eigenvalue weighted by molar-refractivity contribution is 0.122. The molecule has 0 spiro atoms. The van der Waals surface area contributed by atoms with Crippen LogP contribution in [0.3, 0.4) is 0 Å². The summed E-state index contributed by atoms with van der Waals surface area (Å²) in [5, 5.41) is 9.71. The van der Waals surface area contributed by atoms with Gasteiger partial charge in [-0.3, -0.25) is 0 Å². The van der Waals surface area contributed by atoms with Crippen molar-refractivity contribution in [3.8, 4) is 5.75 Å². The molecule has 2 aromatic rings. The highest BCUT2D eigenvalue weighted by atomic mass is 19.2. The number of aliphatic hydroxyl groups is 1. The molecule has 2 aliphatic carbocycles. The molecule has 0 saturated heterocycles. The van der Waals surface area contributed by atoms with Crippen LogP contribution in [0.1, 0.15) is 92.7 Å². The van der Waals surface area contributed by atoms with Crippen LogP contribution in [0.15, 0.2) is 49.1 Å². The van der Waals surface area contributed by atoms with Gasteiger partial charge < -0.3 is 9.84 Å². The highest BCUT2D eigenvalue weighted by Crippen LogP contribution is 2.41. The van der Waals surface area contributed by atoms with E-state index in [0.29, 0.717) is 54.7 Å². The van der Waals surface area contributed by atoms with E-state index in [1.165, 1.54) is 6.07 Å². The Balaban J connectivity index is 1.31. The van der Waals surface area contributed by atoms with Crippen molar-refractivity contribution < 1.29 is 23.0 Å². The number of halogens is 3.